The Bertz CT molecular complexity index is 333. The van der Waals surface area contributed by atoms with Crippen molar-refractivity contribution in [3.8, 4) is 0 Å². The van der Waals surface area contributed by atoms with Crippen molar-refractivity contribution in [2.45, 2.75) is 27.2 Å². The lowest BCUT2D eigenvalue weighted by molar-refractivity contribution is -0.0559. The summed E-state index contributed by atoms with van der Waals surface area (Å²) in [5.41, 5.74) is 4.17. The molecular formula is C14H25NO4Si. The van der Waals surface area contributed by atoms with E-state index in [1.54, 1.807) is 0 Å². The van der Waals surface area contributed by atoms with Crippen LogP contribution in [0.3, 0.4) is 0 Å². The monoisotopic (exact) mass is 299 g/mol. The number of hydrogen-bond donors (Lipinski definition) is 1. The lowest BCUT2D eigenvalue weighted by Gasteiger charge is -2.26. The third-order valence-corrected chi connectivity index (χ3v) is 4.84. The Kier molecular flexibility index (Phi) is 8.67. The second-order valence-corrected chi connectivity index (χ2v) is 6.10. The fourth-order valence-electron chi connectivity index (χ4n) is 1.72. The fraction of sp³-hybridized carbons (Fsp3) is 0.571. The van der Waals surface area contributed by atoms with E-state index < -0.39 is 9.05 Å². The lowest BCUT2D eigenvalue weighted by atomic mass is 10.2. The highest BCUT2D eigenvalue weighted by Crippen LogP contribution is 2.10. The molecule has 5 nitrogen and oxygen atoms in total. The molecule has 0 aliphatic carbocycles. The molecule has 1 rings (SSSR count). The lowest BCUT2D eigenvalue weighted by Crippen LogP contribution is -2.52. The molecule has 0 saturated heterocycles. The SMILES string of the molecule is CCO[Si](OCC)(OCC)ONCCc1ccccc1. The first-order chi connectivity index (χ1) is 9.76. The van der Waals surface area contributed by atoms with Gasteiger partial charge in [-0.15, -0.1) is 0 Å². The van der Waals surface area contributed by atoms with Crippen LogP contribution in [0.25, 0.3) is 0 Å². The minimum Gasteiger partial charge on any atom is -0.351 e. The van der Waals surface area contributed by atoms with E-state index in [-0.39, 0.29) is 0 Å². The van der Waals surface area contributed by atoms with Crippen molar-refractivity contribution >= 4 is 9.05 Å². The molecule has 0 radical (unpaired) electrons. The van der Waals surface area contributed by atoms with Crippen LogP contribution in [0.1, 0.15) is 26.3 Å². The summed E-state index contributed by atoms with van der Waals surface area (Å²) in [6, 6.07) is 10.2. The van der Waals surface area contributed by atoms with Gasteiger partial charge in [-0.05, 0) is 32.8 Å². The summed E-state index contributed by atoms with van der Waals surface area (Å²) >= 11 is 0. The van der Waals surface area contributed by atoms with Crippen molar-refractivity contribution in [3.05, 3.63) is 35.9 Å². The zero-order chi connectivity index (χ0) is 14.7. The van der Waals surface area contributed by atoms with Gasteiger partial charge in [-0.1, -0.05) is 30.3 Å². The Morgan fingerprint density at radius 1 is 0.900 bits per heavy atom. The standard InChI is InChI=1S/C14H25NO4Si/c1-4-16-20(17-5-2,18-6-3)19-15-13-12-14-10-8-7-9-11-14/h7-11,15H,4-6,12-13H2,1-3H3. The summed E-state index contributed by atoms with van der Waals surface area (Å²) in [5, 5.41) is 0. The fourth-order valence-corrected chi connectivity index (χ4v) is 3.49. The van der Waals surface area contributed by atoms with E-state index in [1.807, 2.05) is 39.0 Å². The average Bonchev–Trinajstić information content (AvgIpc) is 2.46. The normalized spacial score (nSPS) is 11.8. The van der Waals surface area contributed by atoms with Gasteiger partial charge in [0.2, 0.25) is 0 Å². The Morgan fingerprint density at radius 2 is 1.45 bits per heavy atom. The molecule has 0 atom stereocenters. The third-order valence-electron chi connectivity index (χ3n) is 2.52. The van der Waals surface area contributed by atoms with Crippen LogP contribution in [0.15, 0.2) is 30.3 Å². The van der Waals surface area contributed by atoms with Crippen LogP contribution in [0.5, 0.6) is 0 Å². The first-order valence-corrected chi connectivity index (χ1v) is 8.76. The molecule has 0 heterocycles. The van der Waals surface area contributed by atoms with Crippen molar-refractivity contribution in [1.29, 1.82) is 0 Å². The maximum absolute atomic E-state index is 5.59. The van der Waals surface area contributed by atoms with Gasteiger partial charge in [0.05, 0.1) is 0 Å². The highest BCUT2D eigenvalue weighted by molar-refractivity contribution is 6.53. The van der Waals surface area contributed by atoms with Crippen LogP contribution in [0.4, 0.5) is 0 Å². The second-order valence-electron chi connectivity index (χ2n) is 4.03. The topological polar surface area (TPSA) is 49.0 Å². The summed E-state index contributed by atoms with van der Waals surface area (Å²) in [4.78, 5) is 0. The first kappa shape index (κ1) is 17.3. The summed E-state index contributed by atoms with van der Waals surface area (Å²) in [5.74, 6) is 0. The minimum absolute atomic E-state index is 0.493. The molecule has 114 valence electrons. The second kappa shape index (κ2) is 10.0. The van der Waals surface area contributed by atoms with E-state index in [2.05, 4.69) is 17.6 Å². The molecule has 0 saturated carbocycles. The van der Waals surface area contributed by atoms with E-state index >= 15 is 0 Å². The zero-order valence-electron chi connectivity index (χ0n) is 12.6. The van der Waals surface area contributed by atoms with Crippen molar-refractivity contribution in [2.75, 3.05) is 26.4 Å². The van der Waals surface area contributed by atoms with Gasteiger partial charge < -0.3 is 13.3 Å². The molecule has 1 aromatic carbocycles. The molecule has 0 spiro atoms. The van der Waals surface area contributed by atoms with Crippen LogP contribution in [-0.4, -0.2) is 35.4 Å². The van der Waals surface area contributed by atoms with Gasteiger partial charge >= 0.3 is 9.05 Å². The Morgan fingerprint density at radius 3 is 1.95 bits per heavy atom. The Hall–Kier alpha value is -0.763. The predicted octanol–water partition coefficient (Wildman–Crippen LogP) is 2.30. The highest BCUT2D eigenvalue weighted by atomic mass is 28.4. The maximum Gasteiger partial charge on any atom is 0.696 e. The van der Waals surface area contributed by atoms with Gasteiger partial charge in [0.1, 0.15) is 0 Å². The Labute approximate surface area is 122 Å². The zero-order valence-corrected chi connectivity index (χ0v) is 13.6. The molecular weight excluding hydrogens is 274 g/mol. The van der Waals surface area contributed by atoms with Crippen LogP contribution in [0.2, 0.25) is 0 Å². The van der Waals surface area contributed by atoms with Crippen LogP contribution < -0.4 is 5.48 Å². The van der Waals surface area contributed by atoms with Crippen molar-refractivity contribution in [2.24, 2.45) is 0 Å². The average molecular weight is 299 g/mol. The summed E-state index contributed by atoms with van der Waals surface area (Å²) in [6.45, 7) is 7.84. The molecule has 1 aromatic rings. The predicted molar refractivity (Wildman–Crippen MR) is 79.9 cm³/mol. The molecule has 1 N–H and O–H groups in total. The molecule has 6 heteroatoms. The van der Waals surface area contributed by atoms with Crippen LogP contribution >= 0.6 is 0 Å². The van der Waals surface area contributed by atoms with Gasteiger partial charge in [0, 0.05) is 26.4 Å². The summed E-state index contributed by atoms with van der Waals surface area (Å²) in [6.07, 6.45) is 0.871. The third kappa shape index (κ3) is 6.13. The van der Waals surface area contributed by atoms with E-state index in [9.17, 15) is 0 Å². The number of nitrogens with one attached hydrogen (secondary N) is 1. The van der Waals surface area contributed by atoms with Gasteiger partial charge in [0.25, 0.3) is 0 Å². The summed E-state index contributed by atoms with van der Waals surface area (Å²) in [7, 11) is -3.04. The van der Waals surface area contributed by atoms with Gasteiger partial charge in [-0.2, -0.15) is 0 Å². The van der Waals surface area contributed by atoms with Gasteiger partial charge in [0.15, 0.2) is 0 Å². The van der Waals surface area contributed by atoms with E-state index in [4.69, 9.17) is 17.8 Å². The minimum atomic E-state index is -3.04. The number of hydroxylamine groups is 1. The van der Waals surface area contributed by atoms with Crippen molar-refractivity contribution < 1.29 is 17.8 Å². The Balaban J connectivity index is 2.40. The quantitative estimate of drug-likeness (QED) is 0.386. The van der Waals surface area contributed by atoms with E-state index in [0.717, 1.165) is 6.42 Å². The van der Waals surface area contributed by atoms with E-state index in [1.165, 1.54) is 5.56 Å². The largest absolute Gasteiger partial charge is 0.696 e. The molecule has 0 aromatic heterocycles. The maximum atomic E-state index is 5.59. The van der Waals surface area contributed by atoms with Crippen molar-refractivity contribution in [3.63, 3.8) is 0 Å². The number of rotatable bonds is 11. The molecule has 0 aliphatic rings. The van der Waals surface area contributed by atoms with E-state index in [0.29, 0.717) is 26.4 Å². The number of benzene rings is 1. The molecule has 0 amide bonds. The molecule has 0 fully saturated rings. The van der Waals surface area contributed by atoms with Crippen LogP contribution in [0, 0.1) is 0 Å². The molecule has 0 bridgehead atoms. The van der Waals surface area contributed by atoms with Crippen molar-refractivity contribution in [1.82, 2.24) is 5.48 Å². The van der Waals surface area contributed by atoms with Gasteiger partial charge in [-0.3, -0.25) is 4.53 Å². The number of hydrogen-bond acceptors (Lipinski definition) is 5. The first-order valence-electron chi connectivity index (χ1n) is 7.13. The molecule has 20 heavy (non-hydrogen) atoms. The molecule has 0 aliphatic heterocycles. The van der Waals surface area contributed by atoms with Crippen LogP contribution in [-0.2, 0) is 24.2 Å². The molecule has 0 unspecified atom stereocenters. The smallest absolute Gasteiger partial charge is 0.351 e. The van der Waals surface area contributed by atoms with Gasteiger partial charge in [-0.25, -0.2) is 5.48 Å². The highest BCUT2D eigenvalue weighted by Gasteiger charge is 2.45. The summed E-state index contributed by atoms with van der Waals surface area (Å²) < 4.78 is 22.3.